The molecule has 3 rings (SSSR count). The first-order valence-electron chi connectivity index (χ1n) is 7.76. The maximum Gasteiger partial charge on any atom is 0.270 e. The Balaban J connectivity index is 2.03. The zero-order chi connectivity index (χ0) is 18.7. The Morgan fingerprint density at radius 1 is 1.12 bits per heavy atom. The number of non-ortho nitro benzene ring substituents is 1. The van der Waals surface area contributed by atoms with Gasteiger partial charge < -0.3 is 5.32 Å². The van der Waals surface area contributed by atoms with E-state index in [1.807, 2.05) is 6.92 Å². The highest BCUT2D eigenvalue weighted by atomic mass is 16.6. The Morgan fingerprint density at radius 2 is 1.88 bits per heavy atom. The number of aryl methyl sites for hydroxylation is 1. The van der Waals surface area contributed by atoms with Crippen LogP contribution < -0.4 is 5.32 Å². The van der Waals surface area contributed by atoms with Crippen molar-refractivity contribution in [3.05, 3.63) is 64.5 Å². The molecule has 0 saturated carbocycles. The van der Waals surface area contributed by atoms with Gasteiger partial charge in [0.25, 0.3) is 5.69 Å². The van der Waals surface area contributed by atoms with Crippen LogP contribution in [0.4, 0.5) is 11.5 Å². The van der Waals surface area contributed by atoms with Crippen molar-refractivity contribution in [3.63, 3.8) is 0 Å². The van der Waals surface area contributed by atoms with Crippen LogP contribution in [0.3, 0.4) is 0 Å². The van der Waals surface area contributed by atoms with E-state index in [1.165, 1.54) is 19.1 Å². The van der Waals surface area contributed by atoms with Crippen LogP contribution in [-0.4, -0.2) is 25.8 Å². The number of nitro benzene ring substituents is 1. The monoisotopic (exact) mass is 349 g/mol. The van der Waals surface area contributed by atoms with E-state index in [2.05, 4.69) is 20.3 Å². The quantitative estimate of drug-likeness (QED) is 0.571. The molecule has 2 heterocycles. The summed E-state index contributed by atoms with van der Waals surface area (Å²) in [6.07, 6.45) is 3.14. The van der Waals surface area contributed by atoms with Crippen molar-refractivity contribution in [2.45, 2.75) is 13.8 Å². The minimum Gasteiger partial charge on any atom is -0.311 e. The minimum atomic E-state index is -0.437. The highest BCUT2D eigenvalue weighted by Crippen LogP contribution is 2.27. The molecule has 2 aromatic heterocycles. The average molecular weight is 349 g/mol. The molecule has 0 bridgehead atoms. The van der Waals surface area contributed by atoms with E-state index in [-0.39, 0.29) is 11.6 Å². The van der Waals surface area contributed by atoms with E-state index in [4.69, 9.17) is 0 Å². The van der Waals surface area contributed by atoms with Crippen molar-refractivity contribution in [3.8, 4) is 22.6 Å². The molecule has 0 unspecified atom stereocenters. The molecule has 1 N–H and O–H groups in total. The number of amides is 1. The lowest BCUT2D eigenvalue weighted by Crippen LogP contribution is -2.07. The van der Waals surface area contributed by atoms with Crippen LogP contribution in [0.1, 0.15) is 12.5 Å². The van der Waals surface area contributed by atoms with Gasteiger partial charge in [0, 0.05) is 42.6 Å². The van der Waals surface area contributed by atoms with Crippen molar-refractivity contribution < 1.29 is 9.72 Å². The number of hydrogen-bond donors (Lipinski definition) is 1. The van der Waals surface area contributed by atoms with Crippen LogP contribution >= 0.6 is 0 Å². The van der Waals surface area contributed by atoms with Crippen LogP contribution in [0, 0.1) is 17.0 Å². The fourth-order valence-corrected chi connectivity index (χ4v) is 2.47. The molecule has 0 radical (unpaired) electrons. The van der Waals surface area contributed by atoms with E-state index < -0.39 is 4.92 Å². The second kappa shape index (κ2) is 7.06. The third-order valence-corrected chi connectivity index (χ3v) is 3.69. The van der Waals surface area contributed by atoms with Gasteiger partial charge in [-0.05, 0) is 30.7 Å². The molecule has 1 amide bonds. The molecular formula is C18H15N5O3. The van der Waals surface area contributed by atoms with Gasteiger partial charge in [-0.2, -0.15) is 0 Å². The maximum absolute atomic E-state index is 11.2. The standard InChI is InChI=1S/C18H15N5O3/c1-11-3-4-14(23(25)26)10-15(11)16-6-8-20-18(22-16)13-5-7-19-17(9-13)21-12(2)24/h3-10H,1-2H3,(H,19,21,24). The fourth-order valence-electron chi connectivity index (χ4n) is 2.47. The Bertz CT molecular complexity index is 1000. The number of nitro groups is 1. The normalized spacial score (nSPS) is 10.4. The second-order valence-electron chi connectivity index (χ2n) is 5.63. The van der Waals surface area contributed by atoms with Gasteiger partial charge in [0.2, 0.25) is 5.91 Å². The molecule has 3 aromatic rings. The predicted octanol–water partition coefficient (Wildman–Crippen LogP) is 3.38. The van der Waals surface area contributed by atoms with Gasteiger partial charge in [-0.3, -0.25) is 14.9 Å². The van der Waals surface area contributed by atoms with Crippen molar-refractivity contribution in [1.82, 2.24) is 15.0 Å². The Labute approximate surface area is 149 Å². The lowest BCUT2D eigenvalue weighted by atomic mass is 10.0. The summed E-state index contributed by atoms with van der Waals surface area (Å²) in [7, 11) is 0. The first-order valence-corrected chi connectivity index (χ1v) is 7.76. The summed E-state index contributed by atoms with van der Waals surface area (Å²) in [5, 5.41) is 13.7. The van der Waals surface area contributed by atoms with E-state index >= 15 is 0 Å². The van der Waals surface area contributed by atoms with Gasteiger partial charge >= 0.3 is 0 Å². The Hall–Kier alpha value is -3.68. The maximum atomic E-state index is 11.2. The second-order valence-corrected chi connectivity index (χ2v) is 5.63. The van der Waals surface area contributed by atoms with Crippen molar-refractivity contribution in [1.29, 1.82) is 0 Å². The molecule has 8 nitrogen and oxygen atoms in total. The molecule has 0 fully saturated rings. The molecule has 26 heavy (non-hydrogen) atoms. The Morgan fingerprint density at radius 3 is 2.62 bits per heavy atom. The molecule has 8 heteroatoms. The zero-order valence-corrected chi connectivity index (χ0v) is 14.1. The number of benzene rings is 1. The zero-order valence-electron chi connectivity index (χ0n) is 14.1. The largest absolute Gasteiger partial charge is 0.311 e. The third kappa shape index (κ3) is 3.69. The molecule has 0 aliphatic carbocycles. The van der Waals surface area contributed by atoms with Crippen LogP contribution in [0.15, 0.2) is 48.8 Å². The number of anilines is 1. The molecular weight excluding hydrogens is 334 g/mol. The van der Waals surface area contributed by atoms with Gasteiger partial charge in [-0.1, -0.05) is 6.07 Å². The summed E-state index contributed by atoms with van der Waals surface area (Å²) in [6.45, 7) is 3.26. The van der Waals surface area contributed by atoms with Crippen LogP contribution in [0.2, 0.25) is 0 Å². The number of pyridine rings is 1. The number of nitrogens with zero attached hydrogens (tertiary/aromatic N) is 4. The summed E-state index contributed by atoms with van der Waals surface area (Å²) >= 11 is 0. The number of carbonyl (C=O) groups is 1. The van der Waals surface area contributed by atoms with Gasteiger partial charge in [-0.15, -0.1) is 0 Å². The molecule has 130 valence electrons. The molecule has 0 aliphatic rings. The van der Waals surface area contributed by atoms with Crippen molar-refractivity contribution in [2.24, 2.45) is 0 Å². The number of hydrogen-bond acceptors (Lipinski definition) is 6. The summed E-state index contributed by atoms with van der Waals surface area (Å²) in [5.74, 6) is 0.606. The first kappa shape index (κ1) is 17.2. The minimum absolute atomic E-state index is 0.00242. The van der Waals surface area contributed by atoms with Crippen LogP contribution in [-0.2, 0) is 4.79 Å². The lowest BCUT2D eigenvalue weighted by molar-refractivity contribution is -0.384. The van der Waals surface area contributed by atoms with Crippen LogP contribution in [0.5, 0.6) is 0 Å². The summed E-state index contributed by atoms with van der Waals surface area (Å²) in [5.41, 5.74) is 2.79. The SMILES string of the molecule is CC(=O)Nc1cc(-c2nccc(-c3cc([N+](=O)[O-])ccc3C)n2)ccn1. The molecule has 0 atom stereocenters. The predicted molar refractivity (Wildman–Crippen MR) is 96.4 cm³/mol. The number of nitrogens with one attached hydrogen (secondary N) is 1. The third-order valence-electron chi connectivity index (χ3n) is 3.69. The molecule has 0 saturated heterocycles. The summed E-state index contributed by atoms with van der Waals surface area (Å²) in [6, 6.07) is 9.74. The van der Waals surface area contributed by atoms with E-state index in [9.17, 15) is 14.9 Å². The van der Waals surface area contributed by atoms with Gasteiger partial charge in [-0.25, -0.2) is 15.0 Å². The number of rotatable bonds is 4. The lowest BCUT2D eigenvalue weighted by Gasteiger charge is -2.08. The average Bonchev–Trinajstić information content (AvgIpc) is 2.61. The van der Waals surface area contributed by atoms with Crippen molar-refractivity contribution in [2.75, 3.05) is 5.32 Å². The van der Waals surface area contributed by atoms with Gasteiger partial charge in [0.15, 0.2) is 5.82 Å². The molecule has 1 aromatic carbocycles. The number of carbonyl (C=O) groups excluding carboxylic acids is 1. The first-order chi connectivity index (χ1) is 12.4. The summed E-state index contributed by atoms with van der Waals surface area (Å²) < 4.78 is 0. The van der Waals surface area contributed by atoms with E-state index in [1.54, 1.807) is 36.7 Å². The smallest absolute Gasteiger partial charge is 0.270 e. The topological polar surface area (TPSA) is 111 Å². The highest BCUT2D eigenvalue weighted by molar-refractivity contribution is 5.88. The number of aromatic nitrogens is 3. The summed E-state index contributed by atoms with van der Waals surface area (Å²) in [4.78, 5) is 34.6. The fraction of sp³-hybridized carbons (Fsp3) is 0.111. The Kier molecular flexibility index (Phi) is 4.66. The van der Waals surface area contributed by atoms with Crippen molar-refractivity contribution >= 4 is 17.4 Å². The van der Waals surface area contributed by atoms with Gasteiger partial charge in [0.05, 0.1) is 10.6 Å². The van der Waals surface area contributed by atoms with Crippen LogP contribution in [0.25, 0.3) is 22.6 Å². The molecule has 0 aliphatic heterocycles. The van der Waals surface area contributed by atoms with E-state index in [0.717, 1.165) is 5.56 Å². The van der Waals surface area contributed by atoms with E-state index in [0.29, 0.717) is 28.5 Å². The molecule has 0 spiro atoms. The highest BCUT2D eigenvalue weighted by Gasteiger charge is 2.13. The van der Waals surface area contributed by atoms with Gasteiger partial charge in [0.1, 0.15) is 5.82 Å².